The smallest absolute Gasteiger partial charge is 0.413 e. The van der Waals surface area contributed by atoms with Crippen molar-refractivity contribution in [3.63, 3.8) is 0 Å². The minimum atomic E-state index is -3.67. The van der Waals surface area contributed by atoms with Gasteiger partial charge in [-0.05, 0) is 58.9 Å². The molecule has 0 bridgehead atoms. The Morgan fingerprint density at radius 2 is 1.29 bits per heavy atom. The molecule has 4 aromatic rings. The summed E-state index contributed by atoms with van der Waals surface area (Å²) in [6, 6.07) is 36.0. The lowest BCUT2D eigenvalue weighted by molar-refractivity contribution is 0.217. The minimum Gasteiger partial charge on any atom is -0.413 e. The van der Waals surface area contributed by atoms with Gasteiger partial charge in [-0.15, -0.1) is 0 Å². The lowest BCUT2D eigenvalue weighted by atomic mass is 9.93. The summed E-state index contributed by atoms with van der Waals surface area (Å²) in [4.78, 5) is 0. The maximum Gasteiger partial charge on any atom is 0.461 e. The maximum absolute atomic E-state index is 14.3. The van der Waals surface area contributed by atoms with Crippen molar-refractivity contribution in [3.8, 4) is 5.75 Å². The van der Waals surface area contributed by atoms with Crippen LogP contribution in [0.15, 0.2) is 115 Å². The number of hydrogen-bond donors (Lipinski definition) is 0. The Morgan fingerprint density at radius 3 is 1.87 bits per heavy atom. The van der Waals surface area contributed by atoms with Gasteiger partial charge in [0.25, 0.3) is 0 Å². The Kier molecular flexibility index (Phi) is 8.05. The fraction of sp³-hybridized carbons (Fsp3) is 0.152. The summed E-state index contributed by atoms with van der Waals surface area (Å²) >= 11 is 0. The van der Waals surface area contributed by atoms with E-state index < -0.39 is 7.75 Å². The van der Waals surface area contributed by atoms with Crippen LogP contribution in [0.4, 0.5) is 0 Å². The predicted octanol–water partition coefficient (Wildman–Crippen LogP) is 8.89. The van der Waals surface area contributed by atoms with Crippen LogP contribution in [0.3, 0.4) is 0 Å². The highest BCUT2D eigenvalue weighted by molar-refractivity contribution is 7.51. The lowest BCUT2D eigenvalue weighted by Gasteiger charge is -2.34. The maximum atomic E-state index is 14.3. The van der Waals surface area contributed by atoms with E-state index in [4.69, 9.17) is 9.05 Å². The molecule has 0 saturated carbocycles. The van der Waals surface area contributed by atoms with Crippen LogP contribution in [-0.4, -0.2) is 18.3 Å². The molecule has 0 spiro atoms. The predicted molar refractivity (Wildman–Crippen MR) is 157 cm³/mol. The average Bonchev–Trinajstić information content (AvgIpc) is 3.13. The third kappa shape index (κ3) is 5.58. The fourth-order valence-corrected chi connectivity index (χ4v) is 6.60. The largest absolute Gasteiger partial charge is 0.461 e. The van der Waals surface area contributed by atoms with E-state index in [0.717, 1.165) is 5.56 Å². The van der Waals surface area contributed by atoms with Gasteiger partial charge in [-0.25, -0.2) is 4.57 Å². The molecule has 0 heterocycles. The summed E-state index contributed by atoms with van der Waals surface area (Å²) in [5, 5.41) is 0. The Bertz CT molecular complexity index is 1430. The normalized spacial score (nSPS) is 14.7. The SMILES string of the molecule is COP(=O)(Oc1ccccc1)N(CCC=C1c2ccccc2C=Cc2ccccc21)C(C)c1ccccc1. The summed E-state index contributed by atoms with van der Waals surface area (Å²) in [5.74, 6) is 0.513. The molecular formula is C33H32NO3P. The van der Waals surface area contributed by atoms with Crippen LogP contribution in [-0.2, 0) is 9.09 Å². The van der Waals surface area contributed by atoms with E-state index >= 15 is 0 Å². The Morgan fingerprint density at radius 1 is 0.763 bits per heavy atom. The van der Waals surface area contributed by atoms with Crippen molar-refractivity contribution in [2.75, 3.05) is 13.7 Å². The van der Waals surface area contributed by atoms with Gasteiger partial charge in [0.05, 0.1) is 0 Å². The summed E-state index contributed by atoms with van der Waals surface area (Å²) in [6.07, 6.45) is 7.25. The van der Waals surface area contributed by atoms with Gasteiger partial charge in [0, 0.05) is 19.7 Å². The Hall–Kier alpha value is -3.69. The third-order valence-electron chi connectivity index (χ3n) is 6.89. The van der Waals surface area contributed by atoms with Gasteiger partial charge >= 0.3 is 7.75 Å². The van der Waals surface area contributed by atoms with Crippen LogP contribution >= 0.6 is 7.75 Å². The number of nitrogens with zero attached hydrogens (tertiary/aromatic N) is 1. The van der Waals surface area contributed by atoms with E-state index in [1.165, 1.54) is 34.9 Å². The van der Waals surface area contributed by atoms with Crippen LogP contribution in [0.2, 0.25) is 0 Å². The van der Waals surface area contributed by atoms with Gasteiger partial charge in [-0.2, -0.15) is 4.67 Å². The molecule has 4 nitrogen and oxygen atoms in total. The fourth-order valence-electron chi connectivity index (χ4n) is 4.90. The van der Waals surface area contributed by atoms with Crippen molar-refractivity contribution in [1.82, 2.24) is 4.67 Å². The molecule has 192 valence electrons. The Labute approximate surface area is 225 Å². The van der Waals surface area contributed by atoms with E-state index in [0.29, 0.717) is 18.7 Å². The number of rotatable bonds is 9. The summed E-state index contributed by atoms with van der Waals surface area (Å²) in [6.45, 7) is 2.53. The van der Waals surface area contributed by atoms with E-state index in [-0.39, 0.29) is 6.04 Å². The molecule has 0 aromatic heterocycles. The van der Waals surface area contributed by atoms with Crippen LogP contribution in [0.25, 0.3) is 17.7 Å². The van der Waals surface area contributed by atoms with Gasteiger partial charge in [0.15, 0.2) is 0 Å². The van der Waals surface area contributed by atoms with Crippen molar-refractivity contribution < 1.29 is 13.6 Å². The average molecular weight is 522 g/mol. The first kappa shape index (κ1) is 25.9. The lowest BCUT2D eigenvalue weighted by Crippen LogP contribution is -2.28. The first-order valence-corrected chi connectivity index (χ1v) is 14.4. The standard InChI is InChI=1S/C33H32NO3P/c1-26(27-14-5-3-6-15-27)34(38(35,36-2)37-30-18-7-4-8-19-30)25-13-22-33-31-20-11-9-16-28(31)23-24-29-17-10-12-21-32(29)33/h3-12,14-24,26H,13,25H2,1-2H3. The molecule has 0 fully saturated rings. The van der Waals surface area contributed by atoms with Crippen molar-refractivity contribution >= 4 is 25.5 Å². The van der Waals surface area contributed by atoms with Gasteiger partial charge in [-0.3, -0.25) is 4.52 Å². The zero-order chi connectivity index (χ0) is 26.4. The molecular weight excluding hydrogens is 489 g/mol. The molecule has 0 radical (unpaired) electrons. The number of fused-ring (bicyclic) bond motifs is 2. The second kappa shape index (κ2) is 11.8. The highest BCUT2D eigenvalue weighted by Gasteiger charge is 2.38. The molecule has 0 saturated heterocycles. The van der Waals surface area contributed by atoms with E-state index in [2.05, 4.69) is 66.8 Å². The zero-order valence-electron chi connectivity index (χ0n) is 21.7. The van der Waals surface area contributed by atoms with Crippen molar-refractivity contribution in [3.05, 3.63) is 143 Å². The van der Waals surface area contributed by atoms with Crippen LogP contribution in [0.5, 0.6) is 5.75 Å². The molecule has 38 heavy (non-hydrogen) atoms. The van der Waals surface area contributed by atoms with Crippen LogP contribution in [0.1, 0.15) is 47.2 Å². The van der Waals surface area contributed by atoms with Crippen LogP contribution < -0.4 is 4.52 Å². The molecule has 5 rings (SSSR count). The van der Waals surface area contributed by atoms with Gasteiger partial charge < -0.3 is 4.52 Å². The van der Waals surface area contributed by atoms with E-state index in [1.54, 1.807) is 12.1 Å². The molecule has 2 unspecified atom stereocenters. The van der Waals surface area contributed by atoms with Crippen molar-refractivity contribution in [2.45, 2.75) is 19.4 Å². The van der Waals surface area contributed by atoms with Gasteiger partial charge in [-0.1, -0.05) is 115 Å². The van der Waals surface area contributed by atoms with Gasteiger partial charge in [0.2, 0.25) is 0 Å². The van der Waals surface area contributed by atoms with Gasteiger partial charge in [0.1, 0.15) is 5.75 Å². The third-order valence-corrected chi connectivity index (χ3v) is 8.97. The second-order valence-electron chi connectivity index (χ2n) is 9.22. The molecule has 2 atom stereocenters. The molecule has 0 aliphatic heterocycles. The molecule has 1 aliphatic carbocycles. The summed E-state index contributed by atoms with van der Waals surface area (Å²) < 4.78 is 27.8. The first-order valence-electron chi connectivity index (χ1n) is 12.9. The van der Waals surface area contributed by atoms with Crippen molar-refractivity contribution in [1.29, 1.82) is 0 Å². The van der Waals surface area contributed by atoms with Crippen molar-refractivity contribution in [2.24, 2.45) is 0 Å². The minimum absolute atomic E-state index is 0.195. The second-order valence-corrected chi connectivity index (χ2v) is 11.2. The quantitative estimate of drug-likeness (QED) is 0.182. The molecule has 0 amide bonds. The number of hydrogen-bond acceptors (Lipinski definition) is 3. The summed E-state index contributed by atoms with van der Waals surface area (Å²) in [5.41, 5.74) is 6.95. The first-order chi connectivity index (χ1) is 18.6. The molecule has 4 aromatic carbocycles. The summed E-state index contributed by atoms with van der Waals surface area (Å²) in [7, 11) is -2.22. The monoisotopic (exact) mass is 521 g/mol. The Balaban J connectivity index is 1.50. The molecule has 5 heteroatoms. The highest BCUT2D eigenvalue weighted by Crippen LogP contribution is 2.55. The topological polar surface area (TPSA) is 38.8 Å². The van der Waals surface area contributed by atoms with E-state index in [1.807, 2.05) is 60.1 Å². The molecule has 0 N–H and O–H groups in total. The van der Waals surface area contributed by atoms with E-state index in [9.17, 15) is 4.57 Å². The number of para-hydroxylation sites is 1. The number of benzene rings is 4. The highest BCUT2D eigenvalue weighted by atomic mass is 31.2. The molecule has 1 aliphatic rings. The zero-order valence-corrected chi connectivity index (χ0v) is 22.6. The van der Waals surface area contributed by atoms with Crippen LogP contribution in [0, 0.1) is 0 Å².